The summed E-state index contributed by atoms with van der Waals surface area (Å²) in [6, 6.07) is 1.86. The SMILES string of the molecule is CCCc1cc(OCC2CCC(C3CCCCC3)CC2)c(F)c(C)c1OC. The summed E-state index contributed by atoms with van der Waals surface area (Å²) in [5, 5.41) is 0. The van der Waals surface area contributed by atoms with Crippen LogP contribution >= 0.6 is 0 Å². The highest BCUT2D eigenvalue weighted by Crippen LogP contribution is 2.40. The van der Waals surface area contributed by atoms with Crippen LogP contribution in [0.2, 0.25) is 0 Å². The predicted molar refractivity (Wildman–Crippen MR) is 109 cm³/mol. The Balaban J connectivity index is 1.56. The molecule has 0 bridgehead atoms. The van der Waals surface area contributed by atoms with Gasteiger partial charge in [0.15, 0.2) is 11.6 Å². The molecule has 0 spiro atoms. The number of rotatable bonds is 7. The minimum atomic E-state index is -0.261. The zero-order valence-corrected chi connectivity index (χ0v) is 17.5. The molecule has 2 saturated carbocycles. The summed E-state index contributed by atoms with van der Waals surface area (Å²) in [5.41, 5.74) is 1.62. The lowest BCUT2D eigenvalue weighted by atomic mass is 9.71. The normalized spacial score (nSPS) is 24.0. The standard InChI is InChI=1S/C24H37FO2/c1-4-8-21-15-22(23(25)17(2)24(21)26-3)27-16-18-11-13-20(14-12-18)19-9-6-5-7-10-19/h15,18-20H,4-14,16H2,1-3H3. The van der Waals surface area contributed by atoms with Gasteiger partial charge in [0.2, 0.25) is 0 Å². The van der Waals surface area contributed by atoms with Crippen molar-refractivity contribution in [2.75, 3.05) is 13.7 Å². The summed E-state index contributed by atoms with van der Waals surface area (Å²) in [6.07, 6.45) is 14.2. The first-order chi connectivity index (χ1) is 13.1. The van der Waals surface area contributed by atoms with Crippen molar-refractivity contribution in [1.82, 2.24) is 0 Å². The van der Waals surface area contributed by atoms with Crippen molar-refractivity contribution < 1.29 is 13.9 Å². The van der Waals surface area contributed by atoms with Crippen molar-refractivity contribution in [1.29, 1.82) is 0 Å². The highest BCUT2D eigenvalue weighted by atomic mass is 19.1. The zero-order chi connectivity index (χ0) is 19.2. The van der Waals surface area contributed by atoms with Crippen molar-refractivity contribution >= 4 is 0 Å². The molecule has 0 aromatic heterocycles. The van der Waals surface area contributed by atoms with E-state index >= 15 is 0 Å². The van der Waals surface area contributed by atoms with Crippen molar-refractivity contribution in [3.63, 3.8) is 0 Å². The van der Waals surface area contributed by atoms with Crippen LogP contribution in [0.1, 0.15) is 82.3 Å². The van der Waals surface area contributed by atoms with Gasteiger partial charge in [-0.25, -0.2) is 4.39 Å². The monoisotopic (exact) mass is 376 g/mol. The van der Waals surface area contributed by atoms with Gasteiger partial charge in [-0.1, -0.05) is 45.4 Å². The Hall–Kier alpha value is -1.25. The van der Waals surface area contributed by atoms with E-state index in [1.165, 1.54) is 57.8 Å². The Kier molecular flexibility index (Phi) is 7.43. The van der Waals surface area contributed by atoms with Gasteiger partial charge in [-0.15, -0.1) is 0 Å². The summed E-state index contributed by atoms with van der Waals surface area (Å²) in [5.74, 6) is 3.29. The number of aryl methyl sites for hydroxylation is 1. The molecule has 2 nitrogen and oxygen atoms in total. The maximum atomic E-state index is 14.7. The number of benzene rings is 1. The molecule has 0 unspecified atom stereocenters. The van der Waals surface area contributed by atoms with Gasteiger partial charge < -0.3 is 9.47 Å². The minimum Gasteiger partial charge on any atom is -0.496 e. The lowest BCUT2D eigenvalue weighted by Crippen LogP contribution is -2.26. The Morgan fingerprint density at radius 2 is 1.67 bits per heavy atom. The highest BCUT2D eigenvalue weighted by molar-refractivity contribution is 5.48. The molecule has 1 aromatic carbocycles. The lowest BCUT2D eigenvalue weighted by molar-refractivity contribution is 0.133. The van der Waals surface area contributed by atoms with Gasteiger partial charge in [-0.3, -0.25) is 0 Å². The van der Waals surface area contributed by atoms with Crippen LogP contribution in [0.5, 0.6) is 11.5 Å². The van der Waals surface area contributed by atoms with Gasteiger partial charge in [0.25, 0.3) is 0 Å². The Bertz CT molecular complexity index is 599. The topological polar surface area (TPSA) is 18.5 Å². The molecular weight excluding hydrogens is 339 g/mol. The average Bonchev–Trinajstić information content (AvgIpc) is 2.71. The van der Waals surface area contributed by atoms with E-state index in [1.807, 2.05) is 6.07 Å². The Morgan fingerprint density at radius 1 is 1.00 bits per heavy atom. The number of methoxy groups -OCH3 is 1. The molecule has 2 fully saturated rings. The first-order valence-corrected chi connectivity index (χ1v) is 11.1. The number of ether oxygens (including phenoxy) is 2. The molecule has 3 heteroatoms. The summed E-state index contributed by atoms with van der Waals surface area (Å²) in [6.45, 7) is 4.56. The average molecular weight is 377 g/mol. The second-order valence-electron chi connectivity index (χ2n) is 8.75. The van der Waals surface area contributed by atoms with E-state index in [9.17, 15) is 4.39 Å². The minimum absolute atomic E-state index is 0.261. The van der Waals surface area contributed by atoms with E-state index in [0.29, 0.717) is 29.6 Å². The quantitative estimate of drug-likeness (QED) is 0.517. The molecule has 27 heavy (non-hydrogen) atoms. The van der Waals surface area contributed by atoms with Gasteiger partial charge >= 0.3 is 0 Å². The molecule has 1 aromatic rings. The summed E-state index contributed by atoms with van der Waals surface area (Å²) < 4.78 is 26.2. The van der Waals surface area contributed by atoms with Gasteiger partial charge in [0.05, 0.1) is 13.7 Å². The molecule has 0 N–H and O–H groups in total. The zero-order valence-electron chi connectivity index (χ0n) is 17.5. The number of halogens is 1. The van der Waals surface area contributed by atoms with Crippen molar-refractivity contribution in [2.24, 2.45) is 17.8 Å². The molecule has 0 amide bonds. The van der Waals surface area contributed by atoms with E-state index in [-0.39, 0.29) is 5.82 Å². The van der Waals surface area contributed by atoms with Crippen molar-refractivity contribution in [3.8, 4) is 11.5 Å². The molecular formula is C24H37FO2. The van der Waals surface area contributed by atoms with E-state index in [1.54, 1.807) is 14.0 Å². The van der Waals surface area contributed by atoms with Crippen LogP contribution in [0, 0.1) is 30.5 Å². The van der Waals surface area contributed by atoms with Crippen LogP contribution in [0.3, 0.4) is 0 Å². The Morgan fingerprint density at radius 3 is 2.30 bits per heavy atom. The van der Waals surface area contributed by atoms with Crippen LogP contribution in [0.4, 0.5) is 4.39 Å². The maximum absolute atomic E-state index is 14.7. The molecule has 0 heterocycles. The molecule has 0 aliphatic heterocycles. The van der Waals surface area contributed by atoms with Gasteiger partial charge in [-0.2, -0.15) is 0 Å². The largest absolute Gasteiger partial charge is 0.496 e. The fraction of sp³-hybridized carbons (Fsp3) is 0.750. The first kappa shape index (κ1) is 20.5. The van der Waals surface area contributed by atoms with Crippen LogP contribution in [0.15, 0.2) is 6.07 Å². The lowest BCUT2D eigenvalue weighted by Gasteiger charge is -2.35. The predicted octanol–water partition coefficient (Wildman–Crippen LogP) is 6.86. The van der Waals surface area contributed by atoms with Crippen molar-refractivity contribution in [2.45, 2.75) is 84.5 Å². The third-order valence-corrected chi connectivity index (χ3v) is 6.89. The first-order valence-electron chi connectivity index (χ1n) is 11.1. The molecule has 152 valence electrons. The van der Waals surface area contributed by atoms with Gasteiger partial charge in [-0.05, 0) is 68.4 Å². The molecule has 3 rings (SSSR count). The smallest absolute Gasteiger partial charge is 0.171 e. The second-order valence-corrected chi connectivity index (χ2v) is 8.75. The van der Waals surface area contributed by atoms with Crippen LogP contribution in [0.25, 0.3) is 0 Å². The van der Waals surface area contributed by atoms with E-state index in [0.717, 1.165) is 30.2 Å². The Labute approximate surface area is 164 Å². The van der Waals surface area contributed by atoms with Crippen LogP contribution < -0.4 is 9.47 Å². The maximum Gasteiger partial charge on any atom is 0.171 e. The highest BCUT2D eigenvalue weighted by Gasteiger charge is 2.29. The van der Waals surface area contributed by atoms with E-state index < -0.39 is 0 Å². The van der Waals surface area contributed by atoms with Gasteiger partial charge in [0, 0.05) is 5.56 Å². The van der Waals surface area contributed by atoms with Gasteiger partial charge in [0.1, 0.15) is 5.75 Å². The third-order valence-electron chi connectivity index (χ3n) is 6.89. The van der Waals surface area contributed by atoms with Crippen LogP contribution in [-0.2, 0) is 6.42 Å². The molecule has 2 aliphatic carbocycles. The van der Waals surface area contributed by atoms with Crippen LogP contribution in [-0.4, -0.2) is 13.7 Å². The molecule has 2 aliphatic rings. The molecule has 0 saturated heterocycles. The summed E-state index contributed by atoms with van der Waals surface area (Å²) in [4.78, 5) is 0. The summed E-state index contributed by atoms with van der Waals surface area (Å²) >= 11 is 0. The van der Waals surface area contributed by atoms with E-state index in [4.69, 9.17) is 9.47 Å². The molecule has 0 radical (unpaired) electrons. The summed E-state index contributed by atoms with van der Waals surface area (Å²) in [7, 11) is 1.62. The third kappa shape index (κ3) is 4.97. The fourth-order valence-corrected chi connectivity index (χ4v) is 5.30. The molecule has 0 atom stereocenters. The number of hydrogen-bond acceptors (Lipinski definition) is 2. The number of hydrogen-bond donors (Lipinski definition) is 0. The van der Waals surface area contributed by atoms with Crippen molar-refractivity contribution in [3.05, 3.63) is 23.0 Å². The second kappa shape index (κ2) is 9.80. The van der Waals surface area contributed by atoms with E-state index in [2.05, 4.69) is 6.92 Å². The fourth-order valence-electron chi connectivity index (χ4n) is 5.30.